The molecule has 0 spiro atoms. The first-order chi connectivity index (χ1) is 9.54. The Morgan fingerprint density at radius 3 is 2.85 bits per heavy atom. The number of H-pyrrole nitrogens is 1. The Labute approximate surface area is 115 Å². The largest absolute Gasteiger partial charge is 0.481 e. The highest BCUT2D eigenvalue weighted by Crippen LogP contribution is 2.21. The summed E-state index contributed by atoms with van der Waals surface area (Å²) in [5, 5.41) is 9.15. The number of amides is 1. The second-order valence-corrected chi connectivity index (χ2v) is 4.58. The molecule has 1 aromatic rings. The monoisotopic (exact) mass is 280 g/mol. The lowest BCUT2D eigenvalue weighted by molar-refractivity contribution is -0.142. The Morgan fingerprint density at radius 1 is 1.50 bits per heavy atom. The van der Waals surface area contributed by atoms with Crippen molar-refractivity contribution in [3.63, 3.8) is 0 Å². The van der Waals surface area contributed by atoms with E-state index in [4.69, 9.17) is 9.84 Å². The molecule has 2 rings (SSSR count). The number of pyridine rings is 1. The molecular formula is C13H16N2O5. The minimum atomic E-state index is -0.982. The van der Waals surface area contributed by atoms with Gasteiger partial charge in [-0.05, 0) is 13.0 Å². The van der Waals surface area contributed by atoms with Crippen LogP contribution >= 0.6 is 0 Å². The third-order valence-corrected chi connectivity index (χ3v) is 3.39. The molecule has 0 saturated carbocycles. The van der Waals surface area contributed by atoms with Crippen LogP contribution in [-0.2, 0) is 9.53 Å². The van der Waals surface area contributed by atoms with Crippen LogP contribution in [0.15, 0.2) is 23.1 Å². The molecule has 1 fully saturated rings. The second-order valence-electron chi connectivity index (χ2n) is 4.58. The summed E-state index contributed by atoms with van der Waals surface area (Å²) in [6, 6.07) is 2.19. The van der Waals surface area contributed by atoms with Gasteiger partial charge in [-0.3, -0.25) is 14.4 Å². The minimum absolute atomic E-state index is 0.0964. The van der Waals surface area contributed by atoms with Crippen molar-refractivity contribution >= 4 is 11.9 Å². The van der Waals surface area contributed by atoms with Crippen LogP contribution in [0.25, 0.3) is 0 Å². The first-order valence-electron chi connectivity index (χ1n) is 6.35. The lowest BCUT2D eigenvalue weighted by Gasteiger charge is -2.29. The van der Waals surface area contributed by atoms with Gasteiger partial charge in [-0.1, -0.05) is 0 Å². The molecule has 1 aromatic heterocycles. The lowest BCUT2D eigenvalue weighted by Crippen LogP contribution is -2.46. The van der Waals surface area contributed by atoms with Gasteiger partial charge < -0.3 is 19.7 Å². The number of hydrogen-bond acceptors (Lipinski definition) is 4. The van der Waals surface area contributed by atoms with Crippen molar-refractivity contribution in [2.45, 2.75) is 13.0 Å². The van der Waals surface area contributed by atoms with E-state index in [1.807, 2.05) is 0 Å². The summed E-state index contributed by atoms with van der Waals surface area (Å²) in [6.07, 6.45) is 1.39. The van der Waals surface area contributed by atoms with Crippen LogP contribution in [0.3, 0.4) is 0 Å². The van der Waals surface area contributed by atoms with Gasteiger partial charge in [0.15, 0.2) is 0 Å². The molecular weight excluding hydrogens is 264 g/mol. The summed E-state index contributed by atoms with van der Waals surface area (Å²) >= 11 is 0. The zero-order chi connectivity index (χ0) is 14.7. The summed E-state index contributed by atoms with van der Waals surface area (Å²) in [5.41, 5.74) is -0.129. The molecule has 7 nitrogen and oxygen atoms in total. The lowest BCUT2D eigenvalue weighted by atomic mass is 10.0. The fourth-order valence-corrected chi connectivity index (χ4v) is 2.36. The zero-order valence-electron chi connectivity index (χ0n) is 11.0. The average Bonchev–Trinajstić information content (AvgIpc) is 2.89. The van der Waals surface area contributed by atoms with E-state index in [0.29, 0.717) is 6.54 Å². The number of aliphatic carboxylic acids is 1. The number of carbonyl (C=O) groups is 2. The highest BCUT2D eigenvalue weighted by atomic mass is 16.5. The van der Waals surface area contributed by atoms with E-state index < -0.39 is 17.9 Å². The number of nitrogens with zero attached hydrogens (tertiary/aromatic N) is 1. The third-order valence-electron chi connectivity index (χ3n) is 3.39. The first kappa shape index (κ1) is 14.3. The quantitative estimate of drug-likeness (QED) is 0.804. The average molecular weight is 280 g/mol. The molecule has 2 N–H and O–H groups in total. The minimum Gasteiger partial charge on any atom is -0.481 e. The smallest absolute Gasteiger partial charge is 0.311 e. The number of aromatic amines is 1. The van der Waals surface area contributed by atoms with Gasteiger partial charge in [-0.15, -0.1) is 0 Å². The summed E-state index contributed by atoms with van der Waals surface area (Å²) in [4.78, 5) is 38.7. The molecule has 1 amide bonds. The van der Waals surface area contributed by atoms with Gasteiger partial charge in [0.1, 0.15) is 5.92 Å². The van der Waals surface area contributed by atoms with Gasteiger partial charge in [0, 0.05) is 24.4 Å². The molecule has 0 bridgehead atoms. The molecule has 7 heteroatoms. The van der Waals surface area contributed by atoms with E-state index in [2.05, 4.69) is 4.98 Å². The van der Waals surface area contributed by atoms with Gasteiger partial charge in [-0.2, -0.15) is 0 Å². The van der Waals surface area contributed by atoms with Gasteiger partial charge in [0.25, 0.3) is 5.91 Å². The van der Waals surface area contributed by atoms with E-state index in [9.17, 15) is 14.4 Å². The van der Waals surface area contributed by atoms with Crippen LogP contribution in [-0.4, -0.2) is 52.7 Å². The third kappa shape index (κ3) is 2.72. The van der Waals surface area contributed by atoms with E-state index in [-0.39, 0.29) is 30.2 Å². The Morgan fingerprint density at radius 2 is 2.25 bits per heavy atom. The molecule has 1 saturated heterocycles. The number of rotatable bonds is 4. The fourth-order valence-electron chi connectivity index (χ4n) is 2.36. The maximum absolute atomic E-state index is 12.4. The molecule has 0 radical (unpaired) electrons. The predicted molar refractivity (Wildman–Crippen MR) is 69.5 cm³/mol. The summed E-state index contributed by atoms with van der Waals surface area (Å²) in [5.74, 6) is -2.08. The SMILES string of the molecule is CCN(C(=O)c1cc[nH]c(=O)c1)C1COCC1C(=O)O. The normalized spacial score (nSPS) is 21.6. The Balaban J connectivity index is 2.26. The fraction of sp³-hybridized carbons (Fsp3) is 0.462. The molecule has 2 unspecified atom stereocenters. The zero-order valence-corrected chi connectivity index (χ0v) is 11.0. The maximum Gasteiger partial charge on any atom is 0.311 e. The number of hydrogen-bond donors (Lipinski definition) is 2. The van der Waals surface area contributed by atoms with Gasteiger partial charge >= 0.3 is 5.97 Å². The first-order valence-corrected chi connectivity index (χ1v) is 6.35. The Kier molecular flexibility index (Phi) is 4.19. The maximum atomic E-state index is 12.4. The summed E-state index contributed by atoms with van der Waals surface area (Å²) in [6.45, 7) is 2.41. The molecule has 108 valence electrons. The van der Waals surface area contributed by atoms with Crippen LogP contribution < -0.4 is 5.56 Å². The standard InChI is InChI=1S/C13H16N2O5/c1-2-15(10-7-20-6-9(10)13(18)19)12(17)8-3-4-14-11(16)5-8/h3-5,9-10H,2,6-7H2,1H3,(H,14,16)(H,18,19). The van der Waals surface area contributed by atoms with Crippen LogP contribution in [0.2, 0.25) is 0 Å². The number of nitrogens with one attached hydrogen (secondary N) is 1. The summed E-state index contributed by atoms with van der Waals surface area (Å²) in [7, 11) is 0. The number of likely N-dealkylation sites (N-methyl/N-ethyl adjacent to an activating group) is 1. The highest BCUT2D eigenvalue weighted by Gasteiger charge is 2.39. The molecule has 1 aliphatic heterocycles. The number of carbonyl (C=O) groups excluding carboxylic acids is 1. The van der Waals surface area contributed by atoms with E-state index >= 15 is 0 Å². The molecule has 20 heavy (non-hydrogen) atoms. The number of ether oxygens (including phenoxy) is 1. The van der Waals surface area contributed by atoms with Crippen LogP contribution in [0.4, 0.5) is 0 Å². The second kappa shape index (κ2) is 5.87. The number of carboxylic acids is 1. The summed E-state index contributed by atoms with van der Waals surface area (Å²) < 4.78 is 5.18. The van der Waals surface area contributed by atoms with Crippen molar-refractivity contribution in [3.8, 4) is 0 Å². The topological polar surface area (TPSA) is 99.7 Å². The van der Waals surface area contributed by atoms with Crippen molar-refractivity contribution in [1.29, 1.82) is 0 Å². The van der Waals surface area contributed by atoms with Crippen molar-refractivity contribution in [2.75, 3.05) is 19.8 Å². The van der Waals surface area contributed by atoms with Crippen molar-refractivity contribution < 1.29 is 19.4 Å². The van der Waals surface area contributed by atoms with Crippen LogP contribution in [0.1, 0.15) is 17.3 Å². The molecule has 2 atom stereocenters. The van der Waals surface area contributed by atoms with E-state index in [0.717, 1.165) is 0 Å². The van der Waals surface area contributed by atoms with Gasteiger partial charge in [0.2, 0.25) is 5.56 Å². The van der Waals surface area contributed by atoms with Gasteiger partial charge in [-0.25, -0.2) is 0 Å². The molecule has 1 aliphatic rings. The van der Waals surface area contributed by atoms with E-state index in [1.165, 1.54) is 23.2 Å². The predicted octanol–water partition coefficient (Wildman–Crippen LogP) is -0.0634. The van der Waals surface area contributed by atoms with Crippen LogP contribution in [0, 0.1) is 5.92 Å². The number of aromatic nitrogens is 1. The Bertz CT molecular complexity index is 568. The molecule has 0 aliphatic carbocycles. The highest BCUT2D eigenvalue weighted by molar-refractivity contribution is 5.94. The molecule has 2 heterocycles. The van der Waals surface area contributed by atoms with Gasteiger partial charge in [0.05, 0.1) is 19.3 Å². The van der Waals surface area contributed by atoms with Crippen molar-refractivity contribution in [2.24, 2.45) is 5.92 Å². The number of carboxylic acid groups (broad SMARTS) is 1. The van der Waals surface area contributed by atoms with E-state index in [1.54, 1.807) is 6.92 Å². The van der Waals surface area contributed by atoms with Crippen molar-refractivity contribution in [1.82, 2.24) is 9.88 Å². The Hall–Kier alpha value is -2.15. The molecule has 0 aromatic carbocycles. The van der Waals surface area contributed by atoms with Crippen molar-refractivity contribution in [3.05, 3.63) is 34.2 Å². The van der Waals surface area contributed by atoms with Crippen LogP contribution in [0.5, 0.6) is 0 Å².